The summed E-state index contributed by atoms with van der Waals surface area (Å²) in [6.45, 7) is 7.51. The summed E-state index contributed by atoms with van der Waals surface area (Å²) in [6, 6.07) is 2.25. The molecule has 0 fully saturated rings. The summed E-state index contributed by atoms with van der Waals surface area (Å²) in [7, 11) is 1.85. The van der Waals surface area contributed by atoms with Crippen LogP contribution in [0, 0.1) is 11.3 Å². The molecule has 0 saturated carbocycles. The van der Waals surface area contributed by atoms with Gasteiger partial charge in [-0.25, -0.2) is 0 Å². The smallest absolute Gasteiger partial charge is 0.108 e. The van der Waals surface area contributed by atoms with Crippen LogP contribution in [0.15, 0.2) is 0 Å². The van der Waals surface area contributed by atoms with Crippen LogP contribution in [-0.2, 0) is 0 Å². The predicted molar refractivity (Wildman–Crippen MR) is 64.7 cm³/mol. The minimum absolute atomic E-state index is 0.0290. The molecule has 0 aromatic heterocycles. The second kappa shape index (κ2) is 9.95. The summed E-state index contributed by atoms with van der Waals surface area (Å²) in [4.78, 5) is 2.40. The van der Waals surface area contributed by atoms with Crippen molar-refractivity contribution in [1.29, 1.82) is 5.26 Å². The summed E-state index contributed by atoms with van der Waals surface area (Å²) in [5.41, 5.74) is 0. The van der Waals surface area contributed by atoms with E-state index in [2.05, 4.69) is 30.1 Å². The van der Waals surface area contributed by atoms with E-state index in [4.69, 9.17) is 5.26 Å². The number of nitrogens with one attached hydrogen (secondary N) is 1. The Morgan fingerprint density at radius 1 is 1.20 bits per heavy atom. The monoisotopic (exact) mass is 211 g/mol. The van der Waals surface area contributed by atoms with Crippen molar-refractivity contribution >= 4 is 0 Å². The molecule has 0 bridgehead atoms. The topological polar surface area (TPSA) is 39.1 Å². The maximum Gasteiger partial charge on any atom is 0.108 e. The van der Waals surface area contributed by atoms with E-state index in [1.807, 2.05) is 7.05 Å². The molecule has 0 spiro atoms. The zero-order valence-corrected chi connectivity index (χ0v) is 10.4. The van der Waals surface area contributed by atoms with Gasteiger partial charge in [-0.2, -0.15) is 5.26 Å². The minimum Gasteiger partial charge on any atom is -0.304 e. The fraction of sp³-hybridized carbons (Fsp3) is 0.917. The first-order valence-electron chi connectivity index (χ1n) is 6.07. The molecule has 88 valence electrons. The van der Waals surface area contributed by atoms with Crippen LogP contribution < -0.4 is 5.32 Å². The quantitative estimate of drug-likeness (QED) is 0.634. The lowest BCUT2D eigenvalue weighted by Crippen LogP contribution is -2.39. The molecule has 0 heterocycles. The largest absolute Gasteiger partial charge is 0.304 e. The standard InChI is InChI=1S/C12H25N3/c1-4-6-8-15(9-7-5-2)11-12(10-13)14-3/h12,14H,4-9,11H2,1-3H3. The zero-order valence-electron chi connectivity index (χ0n) is 10.4. The fourth-order valence-electron chi connectivity index (χ4n) is 1.51. The Balaban J connectivity index is 3.92. The lowest BCUT2D eigenvalue weighted by atomic mass is 10.2. The molecule has 0 aromatic carbocycles. The Kier molecular flexibility index (Phi) is 9.55. The maximum atomic E-state index is 8.89. The molecular formula is C12H25N3. The highest BCUT2D eigenvalue weighted by Crippen LogP contribution is 2.00. The van der Waals surface area contributed by atoms with Crippen LogP contribution in [0.5, 0.6) is 0 Å². The first-order valence-corrected chi connectivity index (χ1v) is 6.07. The van der Waals surface area contributed by atoms with Gasteiger partial charge in [0.25, 0.3) is 0 Å². The summed E-state index contributed by atoms with van der Waals surface area (Å²) >= 11 is 0. The van der Waals surface area contributed by atoms with Gasteiger partial charge in [-0.05, 0) is 33.0 Å². The van der Waals surface area contributed by atoms with Crippen LogP contribution in [-0.4, -0.2) is 37.6 Å². The molecule has 0 aliphatic carbocycles. The number of hydrogen-bond donors (Lipinski definition) is 1. The van der Waals surface area contributed by atoms with Gasteiger partial charge in [0.15, 0.2) is 0 Å². The second-order valence-electron chi connectivity index (χ2n) is 3.98. The molecule has 0 amide bonds. The van der Waals surface area contributed by atoms with Crippen LogP contribution in [0.1, 0.15) is 39.5 Å². The molecule has 3 nitrogen and oxygen atoms in total. The van der Waals surface area contributed by atoms with Crippen LogP contribution in [0.25, 0.3) is 0 Å². The number of hydrogen-bond acceptors (Lipinski definition) is 3. The Hall–Kier alpha value is -0.590. The normalized spacial score (nSPS) is 12.7. The lowest BCUT2D eigenvalue weighted by molar-refractivity contribution is 0.253. The molecule has 0 radical (unpaired) electrons. The molecule has 1 atom stereocenters. The molecule has 0 aromatic rings. The predicted octanol–water partition coefficient (Wildman–Crippen LogP) is 2.00. The molecule has 0 saturated heterocycles. The van der Waals surface area contributed by atoms with Crippen LogP contribution in [0.4, 0.5) is 0 Å². The van der Waals surface area contributed by atoms with Crippen LogP contribution in [0.2, 0.25) is 0 Å². The van der Waals surface area contributed by atoms with Gasteiger partial charge < -0.3 is 10.2 Å². The van der Waals surface area contributed by atoms with E-state index in [0.29, 0.717) is 0 Å². The van der Waals surface area contributed by atoms with Crippen molar-refractivity contribution < 1.29 is 0 Å². The summed E-state index contributed by atoms with van der Waals surface area (Å²) in [5.74, 6) is 0. The van der Waals surface area contributed by atoms with E-state index < -0.39 is 0 Å². The molecular weight excluding hydrogens is 186 g/mol. The molecule has 3 heteroatoms. The molecule has 1 unspecified atom stereocenters. The summed E-state index contributed by atoms with van der Waals surface area (Å²) in [5, 5.41) is 11.9. The van der Waals surface area contributed by atoms with E-state index in [1.165, 1.54) is 25.7 Å². The van der Waals surface area contributed by atoms with E-state index in [-0.39, 0.29) is 6.04 Å². The van der Waals surface area contributed by atoms with Gasteiger partial charge >= 0.3 is 0 Å². The Bertz CT molecular complexity index is 166. The SMILES string of the molecule is CCCCN(CCCC)CC(C#N)NC. The van der Waals surface area contributed by atoms with Gasteiger partial charge in [0.2, 0.25) is 0 Å². The second-order valence-corrected chi connectivity index (χ2v) is 3.98. The number of nitrogens with zero attached hydrogens (tertiary/aromatic N) is 2. The van der Waals surface area contributed by atoms with E-state index in [1.54, 1.807) is 0 Å². The van der Waals surface area contributed by atoms with Gasteiger partial charge in [0.05, 0.1) is 6.07 Å². The van der Waals surface area contributed by atoms with Gasteiger partial charge in [-0.1, -0.05) is 26.7 Å². The first-order chi connectivity index (χ1) is 7.28. The van der Waals surface area contributed by atoms with Crippen LogP contribution >= 0.6 is 0 Å². The van der Waals surface area contributed by atoms with Crippen molar-refractivity contribution in [2.45, 2.75) is 45.6 Å². The van der Waals surface area contributed by atoms with Crippen molar-refractivity contribution in [3.63, 3.8) is 0 Å². The first kappa shape index (κ1) is 14.4. The Morgan fingerprint density at radius 3 is 2.07 bits per heavy atom. The van der Waals surface area contributed by atoms with E-state index in [0.717, 1.165) is 19.6 Å². The fourth-order valence-corrected chi connectivity index (χ4v) is 1.51. The highest BCUT2D eigenvalue weighted by atomic mass is 15.1. The zero-order chi connectivity index (χ0) is 11.5. The minimum atomic E-state index is -0.0290. The van der Waals surface area contributed by atoms with Crippen molar-refractivity contribution in [2.75, 3.05) is 26.7 Å². The van der Waals surface area contributed by atoms with Crippen molar-refractivity contribution in [1.82, 2.24) is 10.2 Å². The van der Waals surface area contributed by atoms with Gasteiger partial charge in [0.1, 0.15) is 6.04 Å². The number of rotatable bonds is 9. The molecule has 1 N–H and O–H groups in total. The summed E-state index contributed by atoms with van der Waals surface area (Å²) < 4.78 is 0. The van der Waals surface area contributed by atoms with Crippen molar-refractivity contribution in [3.05, 3.63) is 0 Å². The van der Waals surface area contributed by atoms with E-state index >= 15 is 0 Å². The third-order valence-corrected chi connectivity index (χ3v) is 2.60. The molecule has 15 heavy (non-hydrogen) atoms. The van der Waals surface area contributed by atoms with Gasteiger partial charge in [-0.15, -0.1) is 0 Å². The van der Waals surface area contributed by atoms with Gasteiger partial charge in [0, 0.05) is 6.54 Å². The van der Waals surface area contributed by atoms with Crippen molar-refractivity contribution in [3.8, 4) is 6.07 Å². The third kappa shape index (κ3) is 7.35. The Morgan fingerprint density at radius 2 is 1.73 bits per heavy atom. The average molecular weight is 211 g/mol. The number of unbranched alkanes of at least 4 members (excludes halogenated alkanes) is 2. The molecule has 0 aliphatic rings. The third-order valence-electron chi connectivity index (χ3n) is 2.60. The number of nitriles is 1. The van der Waals surface area contributed by atoms with Crippen LogP contribution in [0.3, 0.4) is 0 Å². The van der Waals surface area contributed by atoms with E-state index in [9.17, 15) is 0 Å². The highest BCUT2D eigenvalue weighted by Gasteiger charge is 2.10. The molecule has 0 rings (SSSR count). The molecule has 0 aliphatic heterocycles. The average Bonchev–Trinajstić information content (AvgIpc) is 2.28. The summed E-state index contributed by atoms with van der Waals surface area (Å²) in [6.07, 6.45) is 4.90. The van der Waals surface area contributed by atoms with Gasteiger partial charge in [-0.3, -0.25) is 0 Å². The Labute approximate surface area is 94.5 Å². The maximum absolute atomic E-state index is 8.89. The lowest BCUT2D eigenvalue weighted by Gasteiger charge is -2.24. The highest BCUT2D eigenvalue weighted by molar-refractivity contribution is 4.90. The van der Waals surface area contributed by atoms with Crippen molar-refractivity contribution in [2.24, 2.45) is 0 Å². The number of likely N-dealkylation sites (N-methyl/N-ethyl adjacent to an activating group) is 1.